The van der Waals surface area contributed by atoms with E-state index in [9.17, 15) is 4.79 Å². The van der Waals surface area contributed by atoms with Gasteiger partial charge in [-0.1, -0.05) is 13.2 Å². The minimum atomic E-state index is -0.203. The molecule has 3 nitrogen and oxygen atoms in total. The highest BCUT2D eigenvalue weighted by molar-refractivity contribution is 5.70. The van der Waals surface area contributed by atoms with Gasteiger partial charge in [0.15, 0.2) is 6.54 Å². The van der Waals surface area contributed by atoms with Gasteiger partial charge in [-0.2, -0.15) is 0 Å². The van der Waals surface area contributed by atoms with Crippen LogP contribution < -0.4 is 0 Å². The van der Waals surface area contributed by atoms with E-state index in [2.05, 4.69) is 17.9 Å². The molecular weight excluding hydrogens is 166 g/mol. The van der Waals surface area contributed by atoms with Gasteiger partial charge >= 0.3 is 5.97 Å². The minimum absolute atomic E-state index is 0.203. The number of quaternary nitrogens is 1. The first-order valence-electron chi connectivity index (χ1n) is 4.20. The van der Waals surface area contributed by atoms with E-state index in [0.29, 0.717) is 11.0 Å². The van der Waals surface area contributed by atoms with Crippen molar-refractivity contribution in [2.45, 2.75) is 0 Å². The van der Waals surface area contributed by atoms with E-state index in [4.69, 9.17) is 0 Å². The number of nitrogens with zero attached hydrogens (tertiary/aromatic N) is 1. The summed E-state index contributed by atoms with van der Waals surface area (Å²) in [5, 5.41) is 0. The van der Waals surface area contributed by atoms with Crippen LogP contribution in [0.25, 0.3) is 0 Å². The second kappa shape index (κ2) is 5.54. The summed E-state index contributed by atoms with van der Waals surface area (Å²) < 4.78 is 5.18. The number of rotatable bonds is 6. The summed E-state index contributed by atoms with van der Waals surface area (Å²) in [5.41, 5.74) is 0. The average Bonchev–Trinajstić information content (AvgIpc) is 2.04. The van der Waals surface area contributed by atoms with Gasteiger partial charge in [0.2, 0.25) is 0 Å². The smallest absolute Gasteiger partial charge is 0.361 e. The summed E-state index contributed by atoms with van der Waals surface area (Å²) in [5.74, 6) is -0.203. The first-order valence-corrected chi connectivity index (χ1v) is 4.20. The molecule has 0 unspecified atom stereocenters. The van der Waals surface area contributed by atoms with Crippen LogP contribution in [0.2, 0.25) is 0 Å². The maximum Gasteiger partial charge on any atom is 0.361 e. The van der Waals surface area contributed by atoms with E-state index in [1.165, 1.54) is 7.11 Å². The molecule has 0 radical (unpaired) electrons. The quantitative estimate of drug-likeness (QED) is 0.349. The maximum absolute atomic E-state index is 11.1. The average molecular weight is 184 g/mol. The normalized spacial score (nSPS) is 10.6. The Morgan fingerprint density at radius 1 is 1.38 bits per heavy atom. The number of esters is 1. The molecule has 74 valence electrons. The molecule has 0 aromatic heterocycles. The molecule has 3 heteroatoms. The molecule has 0 aromatic carbocycles. The Morgan fingerprint density at radius 3 is 2.15 bits per heavy atom. The number of likely N-dealkylation sites (N-methyl/N-ethyl adjacent to an activating group) is 1. The third-order valence-electron chi connectivity index (χ3n) is 1.88. The van der Waals surface area contributed by atoms with Crippen molar-refractivity contribution in [2.75, 3.05) is 33.8 Å². The van der Waals surface area contributed by atoms with Crippen LogP contribution in [-0.2, 0) is 9.53 Å². The van der Waals surface area contributed by atoms with Crippen molar-refractivity contribution in [1.82, 2.24) is 0 Å². The highest BCUT2D eigenvalue weighted by Gasteiger charge is 2.22. The van der Waals surface area contributed by atoms with E-state index < -0.39 is 0 Å². The Bertz CT molecular complexity index is 189. The van der Waals surface area contributed by atoms with Crippen LogP contribution in [0.15, 0.2) is 25.3 Å². The molecule has 13 heavy (non-hydrogen) atoms. The molecule has 0 aliphatic heterocycles. The Balaban J connectivity index is 4.29. The molecular formula is C10H18NO2+. The first-order chi connectivity index (χ1) is 6.08. The van der Waals surface area contributed by atoms with Crippen molar-refractivity contribution < 1.29 is 14.0 Å². The van der Waals surface area contributed by atoms with E-state index in [1.807, 2.05) is 7.05 Å². The third-order valence-corrected chi connectivity index (χ3v) is 1.88. The number of methoxy groups -OCH3 is 1. The number of carbonyl (C=O) groups is 1. The molecule has 0 rings (SSSR count). The van der Waals surface area contributed by atoms with Crippen molar-refractivity contribution >= 4 is 5.97 Å². The fraction of sp³-hybridized carbons (Fsp3) is 0.500. The lowest BCUT2D eigenvalue weighted by Gasteiger charge is -2.30. The summed E-state index contributed by atoms with van der Waals surface area (Å²) in [6, 6.07) is 0. The van der Waals surface area contributed by atoms with Gasteiger partial charge in [0.25, 0.3) is 0 Å². The zero-order valence-electron chi connectivity index (χ0n) is 8.45. The van der Waals surface area contributed by atoms with Crippen LogP contribution in [0.5, 0.6) is 0 Å². The van der Waals surface area contributed by atoms with Crippen molar-refractivity contribution in [1.29, 1.82) is 0 Å². The number of carbonyl (C=O) groups excluding carboxylic acids is 1. The molecule has 0 N–H and O–H groups in total. The van der Waals surface area contributed by atoms with Crippen LogP contribution in [0.1, 0.15) is 0 Å². The van der Waals surface area contributed by atoms with Crippen LogP contribution in [0.4, 0.5) is 0 Å². The van der Waals surface area contributed by atoms with Crippen LogP contribution >= 0.6 is 0 Å². The van der Waals surface area contributed by atoms with Crippen molar-refractivity contribution in [2.24, 2.45) is 0 Å². The second-order valence-corrected chi connectivity index (χ2v) is 3.30. The topological polar surface area (TPSA) is 26.3 Å². The van der Waals surface area contributed by atoms with E-state index in [-0.39, 0.29) is 5.97 Å². The predicted octanol–water partition coefficient (Wildman–Crippen LogP) is 0.978. The van der Waals surface area contributed by atoms with Crippen molar-refractivity contribution in [3.63, 3.8) is 0 Å². The van der Waals surface area contributed by atoms with Crippen LogP contribution in [-0.4, -0.2) is 44.2 Å². The third kappa shape index (κ3) is 4.48. The highest BCUT2D eigenvalue weighted by atomic mass is 16.5. The van der Waals surface area contributed by atoms with Crippen LogP contribution in [0, 0.1) is 0 Å². The molecule has 0 aliphatic carbocycles. The van der Waals surface area contributed by atoms with Gasteiger partial charge in [-0.25, -0.2) is 4.79 Å². The summed E-state index contributed by atoms with van der Waals surface area (Å²) in [6.45, 7) is 9.15. The molecule has 0 saturated carbocycles. The van der Waals surface area contributed by atoms with Gasteiger partial charge in [-0.3, -0.25) is 0 Å². The van der Waals surface area contributed by atoms with Gasteiger partial charge in [-0.05, 0) is 12.2 Å². The Labute approximate surface area is 79.9 Å². The molecule has 0 aromatic rings. The Kier molecular flexibility index (Phi) is 5.07. The summed E-state index contributed by atoms with van der Waals surface area (Å²) in [4.78, 5) is 11.1. The fourth-order valence-corrected chi connectivity index (χ4v) is 1.20. The van der Waals surface area contributed by atoms with Crippen molar-refractivity contribution in [3.8, 4) is 0 Å². The number of hydrogen-bond donors (Lipinski definition) is 0. The Morgan fingerprint density at radius 2 is 1.85 bits per heavy atom. The zero-order chi connectivity index (χ0) is 10.3. The second-order valence-electron chi connectivity index (χ2n) is 3.30. The fourth-order valence-electron chi connectivity index (χ4n) is 1.20. The van der Waals surface area contributed by atoms with Gasteiger partial charge in [0, 0.05) is 0 Å². The summed E-state index contributed by atoms with van der Waals surface area (Å²) >= 11 is 0. The standard InChI is InChI=1S/C10H18NO2/c1-5-7-11(3,8-6-2)9-10(12)13-4/h5-6H,1-2,7-9H2,3-4H3/q+1. The van der Waals surface area contributed by atoms with Gasteiger partial charge in [-0.15, -0.1) is 0 Å². The number of ether oxygens (including phenoxy) is 1. The molecule has 0 saturated heterocycles. The summed E-state index contributed by atoms with van der Waals surface area (Å²) in [6.07, 6.45) is 3.60. The van der Waals surface area contributed by atoms with E-state index >= 15 is 0 Å². The SMILES string of the molecule is C=CC[N+](C)(CC=C)CC(=O)OC. The molecule has 0 bridgehead atoms. The molecule has 0 fully saturated rings. The largest absolute Gasteiger partial charge is 0.465 e. The summed E-state index contributed by atoms with van der Waals surface area (Å²) in [7, 11) is 3.37. The van der Waals surface area contributed by atoms with E-state index in [0.717, 1.165) is 13.1 Å². The molecule has 0 heterocycles. The molecule has 0 atom stereocenters. The minimum Gasteiger partial charge on any atom is -0.465 e. The predicted molar refractivity (Wildman–Crippen MR) is 53.2 cm³/mol. The lowest BCUT2D eigenvalue weighted by molar-refractivity contribution is -0.891. The van der Waals surface area contributed by atoms with Gasteiger partial charge < -0.3 is 9.22 Å². The first kappa shape index (κ1) is 11.9. The van der Waals surface area contributed by atoms with E-state index in [1.54, 1.807) is 12.2 Å². The van der Waals surface area contributed by atoms with Gasteiger partial charge in [0.05, 0.1) is 27.2 Å². The lowest BCUT2D eigenvalue weighted by Crippen LogP contribution is -2.48. The maximum atomic E-state index is 11.1. The Hall–Kier alpha value is -1.09. The highest BCUT2D eigenvalue weighted by Crippen LogP contribution is 2.02. The molecule has 0 aliphatic rings. The zero-order valence-corrected chi connectivity index (χ0v) is 8.45. The van der Waals surface area contributed by atoms with Crippen LogP contribution in [0.3, 0.4) is 0 Å². The monoisotopic (exact) mass is 184 g/mol. The molecule has 0 spiro atoms. The van der Waals surface area contributed by atoms with Gasteiger partial charge in [0.1, 0.15) is 0 Å². The lowest BCUT2D eigenvalue weighted by atomic mass is 10.3. The molecule has 0 amide bonds. The van der Waals surface area contributed by atoms with Crippen molar-refractivity contribution in [3.05, 3.63) is 25.3 Å². The number of hydrogen-bond acceptors (Lipinski definition) is 2.